The Morgan fingerprint density at radius 3 is 2.24 bits per heavy atom. The summed E-state index contributed by atoms with van der Waals surface area (Å²) in [6, 6.07) is 4.51. The molecule has 5 rings (SSSR count). The number of Topliss-reactive ketones (excluding diaryl/α,β-unsaturated/α-hetero) is 1. The van der Waals surface area contributed by atoms with Crippen molar-refractivity contribution in [1.82, 2.24) is 9.80 Å². The molecule has 58 heavy (non-hydrogen) atoms. The number of methoxy groups -OCH3 is 2. The molecule has 0 aliphatic carbocycles. The number of esters is 1. The van der Waals surface area contributed by atoms with Gasteiger partial charge in [-0.3, -0.25) is 33.7 Å². The Balaban J connectivity index is 1.11. The second kappa shape index (κ2) is 18.9. The Morgan fingerprint density at radius 2 is 1.60 bits per heavy atom. The molecule has 2 aromatic carbocycles. The average Bonchev–Trinajstić information content (AvgIpc) is 3.88. The molecule has 0 radical (unpaired) electrons. The number of ether oxygens (including phenoxy) is 5. The van der Waals surface area contributed by atoms with Crippen LogP contribution in [-0.4, -0.2) is 122 Å². The number of fused-ring (bicyclic) bond motifs is 2. The number of ketones is 1. The summed E-state index contributed by atoms with van der Waals surface area (Å²) in [5.74, 6) is -4.98. The van der Waals surface area contributed by atoms with E-state index in [1.165, 1.54) is 25.2 Å². The topological polar surface area (TPSA) is 175 Å². The number of thiophene rings is 1. The maximum absolute atomic E-state index is 15.8. The molecule has 0 bridgehead atoms. The third-order valence-electron chi connectivity index (χ3n) is 9.76. The van der Waals surface area contributed by atoms with Gasteiger partial charge in [0.15, 0.2) is 40.4 Å². The molecule has 1 aromatic heterocycles. The minimum Gasteiger partial charge on any atom is -0.493 e. The number of carboxylic acid groups (broad SMARTS) is 1. The van der Waals surface area contributed by atoms with E-state index in [2.05, 4.69) is 0 Å². The Hall–Kier alpha value is -5.36. The van der Waals surface area contributed by atoms with E-state index in [1.807, 2.05) is 14.1 Å². The number of aliphatic carboxylic acids is 1. The lowest BCUT2D eigenvalue weighted by Crippen LogP contribution is -2.50. The number of amides is 3. The number of rotatable bonds is 21. The van der Waals surface area contributed by atoms with Crippen LogP contribution in [0.25, 0.3) is 10.1 Å². The highest BCUT2D eigenvalue weighted by molar-refractivity contribution is 7.20. The summed E-state index contributed by atoms with van der Waals surface area (Å²) in [7, 11) is 6.42. The van der Waals surface area contributed by atoms with Crippen LogP contribution in [-0.2, 0) is 41.8 Å². The minimum atomic E-state index is -1.10. The van der Waals surface area contributed by atoms with Crippen molar-refractivity contribution >= 4 is 56.9 Å². The van der Waals surface area contributed by atoms with Crippen molar-refractivity contribution < 1.29 is 72.2 Å². The number of hydrogen-bond acceptors (Lipinski definition) is 12. The number of likely N-dealkylation sites (tertiary alicyclic amines) is 1. The molecule has 15 nitrogen and oxygen atoms in total. The first-order chi connectivity index (χ1) is 27.9. The van der Waals surface area contributed by atoms with Gasteiger partial charge in [-0.25, -0.2) is 8.78 Å². The lowest BCUT2D eigenvalue weighted by atomic mass is 10.1. The number of likely N-dealkylation sites (N-methyl/N-ethyl adjacent to an activating group) is 1. The third kappa shape index (κ3) is 10.6. The fraction of sp³-hybridized carbons (Fsp3) is 0.500. The van der Waals surface area contributed by atoms with E-state index in [0.29, 0.717) is 27.8 Å². The van der Waals surface area contributed by atoms with Crippen LogP contribution in [0.5, 0.6) is 23.0 Å². The third-order valence-corrected chi connectivity index (χ3v) is 10.9. The highest BCUT2D eigenvalue weighted by atomic mass is 32.1. The number of carbonyl (C=O) groups is 6. The van der Waals surface area contributed by atoms with Crippen LogP contribution in [0.15, 0.2) is 18.2 Å². The Kier molecular flexibility index (Phi) is 13.8. The van der Waals surface area contributed by atoms with Gasteiger partial charge in [0, 0.05) is 68.3 Å². The summed E-state index contributed by atoms with van der Waals surface area (Å²) >= 11 is 1.04. The van der Waals surface area contributed by atoms with E-state index < -0.39 is 47.9 Å². The van der Waals surface area contributed by atoms with Crippen LogP contribution in [0.1, 0.15) is 74.0 Å². The first kappa shape index (κ1) is 42.3. The van der Waals surface area contributed by atoms with Gasteiger partial charge in [0.25, 0.3) is 0 Å². The molecule has 2 aliphatic rings. The van der Waals surface area contributed by atoms with E-state index in [-0.39, 0.29) is 122 Å². The quantitative estimate of drug-likeness (QED) is 0.0508. The molecule has 3 amide bonds. The summed E-state index contributed by atoms with van der Waals surface area (Å²) in [4.78, 5) is 75.9. The number of hydrogen-bond donors (Lipinski definition) is 1. The average molecular weight is 835 g/mol. The molecule has 0 spiro atoms. The highest BCUT2D eigenvalue weighted by Crippen LogP contribution is 2.41. The van der Waals surface area contributed by atoms with E-state index in [0.717, 1.165) is 16.2 Å². The van der Waals surface area contributed by atoms with Crippen molar-refractivity contribution in [3.05, 3.63) is 45.8 Å². The van der Waals surface area contributed by atoms with Crippen LogP contribution in [0, 0.1) is 11.6 Å². The van der Waals surface area contributed by atoms with Crippen molar-refractivity contribution in [2.24, 2.45) is 0 Å². The number of halogens is 2. The fourth-order valence-corrected chi connectivity index (χ4v) is 7.85. The van der Waals surface area contributed by atoms with Crippen LogP contribution >= 0.6 is 11.3 Å². The highest BCUT2D eigenvalue weighted by Gasteiger charge is 2.33. The molecular formula is C40H48F2N3O12S+. The van der Waals surface area contributed by atoms with E-state index in [1.54, 1.807) is 19.1 Å². The van der Waals surface area contributed by atoms with Crippen molar-refractivity contribution in [1.29, 1.82) is 0 Å². The summed E-state index contributed by atoms with van der Waals surface area (Å²) in [6.45, 7) is 2.59. The Morgan fingerprint density at radius 1 is 0.931 bits per heavy atom. The smallest absolute Gasteiger partial charge is 0.306 e. The molecule has 2 aliphatic heterocycles. The summed E-state index contributed by atoms with van der Waals surface area (Å²) in [5.41, 5.74) is 0.767. The van der Waals surface area contributed by atoms with E-state index in [4.69, 9.17) is 30.2 Å². The second-order valence-corrected chi connectivity index (χ2v) is 15.7. The van der Waals surface area contributed by atoms with Gasteiger partial charge in [-0.1, -0.05) is 0 Å². The first-order valence-electron chi connectivity index (χ1n) is 19.2. The first-order valence-corrected chi connectivity index (χ1v) is 19.5. The zero-order chi connectivity index (χ0) is 43.2. The monoisotopic (exact) mass is 834 g/mol. The molecule has 1 N–H and O–H groups in total. The van der Waals surface area contributed by atoms with Gasteiger partial charge in [0.2, 0.25) is 17.7 Å². The number of carbonyl (C=O) groups excluding carboxylic acids is 5. The van der Waals surface area contributed by atoms with Crippen molar-refractivity contribution in [2.45, 2.75) is 71.0 Å². The molecule has 2 atom stereocenters. The summed E-state index contributed by atoms with van der Waals surface area (Å²) < 4.78 is 67.5. The molecule has 3 aromatic rings. The minimum absolute atomic E-state index is 0.0440. The van der Waals surface area contributed by atoms with Crippen LogP contribution in [0.3, 0.4) is 0 Å². The van der Waals surface area contributed by atoms with Gasteiger partial charge in [-0.15, -0.1) is 11.3 Å². The lowest BCUT2D eigenvalue weighted by Gasteiger charge is -2.33. The second-order valence-electron chi connectivity index (χ2n) is 14.7. The maximum atomic E-state index is 15.8. The molecule has 0 saturated carbocycles. The van der Waals surface area contributed by atoms with Gasteiger partial charge in [-0.2, -0.15) is 0 Å². The lowest BCUT2D eigenvalue weighted by molar-refractivity contribution is -0.892. The SMILES string of the molecule is [3H]C1CC(=O)N(CC[N+](C)(C)C[C@H](C)OC(=O)CCC(=O)c2cc3c(F)c(OCCCOc4c(OC)cc5c(c4F)CN(C(=O)CCC(=O)O)C5)c(OC)cc3s2)C1=O. The molecular weight excluding hydrogens is 785 g/mol. The number of benzene rings is 2. The summed E-state index contributed by atoms with van der Waals surface area (Å²) in [6.07, 6.45) is -2.45. The van der Waals surface area contributed by atoms with Gasteiger partial charge >= 0.3 is 11.9 Å². The van der Waals surface area contributed by atoms with Crippen LogP contribution in [0.4, 0.5) is 8.78 Å². The molecule has 1 saturated heterocycles. The normalized spacial score (nSPS) is 16.0. The molecule has 18 heteroatoms. The predicted octanol–water partition coefficient (Wildman–Crippen LogP) is 4.87. The standard InChI is InChI=1S/C40H47F2N3O12S/c1-23(22-45(2,3)14-13-44-33(48)8-9-34(44)49)57-36(52)12-7-27(46)31-18-25-30(58-31)19-29(54-5)40(37(25)41)56-16-6-15-55-39-28(53-4)17-24-20-43(21-26(24)38(39)42)32(47)10-11-35(50)51/h17-19,23H,6-16,20-22H2,1-5H3/p+1/t23-/m0/s1/i8T/t8?,23-. The summed E-state index contributed by atoms with van der Waals surface area (Å²) in [5, 5.41) is 9.01. The van der Waals surface area contributed by atoms with Crippen LogP contribution in [0.2, 0.25) is 0 Å². The molecule has 1 unspecified atom stereocenters. The van der Waals surface area contributed by atoms with Gasteiger partial charge in [0.05, 0.1) is 72.3 Å². The molecule has 3 heterocycles. The predicted molar refractivity (Wildman–Crippen MR) is 205 cm³/mol. The number of quaternary nitrogens is 1. The van der Waals surface area contributed by atoms with Crippen LogP contribution < -0.4 is 18.9 Å². The van der Waals surface area contributed by atoms with Gasteiger partial charge in [0.1, 0.15) is 12.6 Å². The Bertz CT molecular complexity index is 2130. The maximum Gasteiger partial charge on any atom is 0.306 e. The van der Waals surface area contributed by atoms with Crippen molar-refractivity contribution in [3.8, 4) is 23.0 Å². The fourth-order valence-electron chi connectivity index (χ4n) is 6.80. The van der Waals surface area contributed by atoms with Crippen molar-refractivity contribution in [2.75, 3.05) is 61.2 Å². The Labute approximate surface area is 339 Å². The number of imide groups is 1. The molecule has 1 fully saturated rings. The van der Waals surface area contributed by atoms with E-state index >= 15 is 8.78 Å². The van der Waals surface area contributed by atoms with Crippen molar-refractivity contribution in [3.63, 3.8) is 0 Å². The number of nitrogens with zero attached hydrogens (tertiary/aromatic N) is 3. The number of carboxylic acids is 1. The van der Waals surface area contributed by atoms with E-state index in [9.17, 15) is 28.8 Å². The largest absolute Gasteiger partial charge is 0.493 e. The zero-order valence-electron chi connectivity index (χ0n) is 34.0. The zero-order valence-corrected chi connectivity index (χ0v) is 33.8. The molecule has 314 valence electrons. The van der Waals surface area contributed by atoms with Gasteiger partial charge in [-0.05, 0) is 24.6 Å². The van der Waals surface area contributed by atoms with Gasteiger partial charge < -0.3 is 38.2 Å².